The number of sulfonamides is 1. The van der Waals surface area contributed by atoms with Gasteiger partial charge in [-0.3, -0.25) is 0 Å². The van der Waals surface area contributed by atoms with Gasteiger partial charge in [0.05, 0.1) is 23.7 Å². The zero-order chi connectivity index (χ0) is 15.6. The van der Waals surface area contributed by atoms with Gasteiger partial charge in [0, 0.05) is 27.3 Å². The summed E-state index contributed by atoms with van der Waals surface area (Å²) in [5, 5.41) is 9.20. The summed E-state index contributed by atoms with van der Waals surface area (Å²) in [5.74, 6) is 0. The maximum atomic E-state index is 12.8. The van der Waals surface area contributed by atoms with Gasteiger partial charge in [-0.05, 0) is 24.1 Å². The van der Waals surface area contributed by atoms with E-state index in [1.54, 1.807) is 33.3 Å². The number of ether oxygens (including phenoxy) is 2. The SMILES string of the molecule is COC1CN(S(=O)(=O)c2cc(CO)ccc2C)CC1OC. The van der Waals surface area contributed by atoms with E-state index in [1.807, 2.05) is 0 Å². The third-order valence-corrected chi connectivity index (χ3v) is 5.81. The third-order valence-electron chi connectivity index (χ3n) is 3.84. The standard InChI is InChI=1S/C14H21NO5S/c1-10-4-5-11(9-16)6-14(10)21(17,18)15-7-12(19-2)13(8-15)20-3/h4-6,12-13,16H,7-9H2,1-3H3. The Bertz CT molecular complexity index is 589. The van der Waals surface area contributed by atoms with Crippen LogP contribution in [0, 0.1) is 6.92 Å². The Kier molecular flexibility index (Phi) is 5.00. The quantitative estimate of drug-likeness (QED) is 0.857. The van der Waals surface area contributed by atoms with Crippen LogP contribution in [0.3, 0.4) is 0 Å². The van der Waals surface area contributed by atoms with E-state index in [-0.39, 0.29) is 36.8 Å². The lowest BCUT2D eigenvalue weighted by Gasteiger charge is -2.18. The fourth-order valence-corrected chi connectivity index (χ4v) is 4.26. The number of hydrogen-bond acceptors (Lipinski definition) is 5. The van der Waals surface area contributed by atoms with Crippen LogP contribution in [0.2, 0.25) is 0 Å². The van der Waals surface area contributed by atoms with Gasteiger partial charge >= 0.3 is 0 Å². The molecule has 0 aromatic heterocycles. The highest BCUT2D eigenvalue weighted by molar-refractivity contribution is 7.89. The minimum absolute atomic E-state index is 0.190. The summed E-state index contributed by atoms with van der Waals surface area (Å²) in [6.45, 7) is 2.08. The smallest absolute Gasteiger partial charge is 0.243 e. The summed E-state index contributed by atoms with van der Waals surface area (Å²) in [5.41, 5.74) is 1.23. The van der Waals surface area contributed by atoms with E-state index in [0.717, 1.165) is 0 Å². The second-order valence-electron chi connectivity index (χ2n) is 5.13. The molecule has 1 saturated heterocycles. The van der Waals surface area contributed by atoms with E-state index >= 15 is 0 Å². The van der Waals surface area contributed by atoms with E-state index in [9.17, 15) is 13.5 Å². The number of aryl methyl sites for hydroxylation is 1. The van der Waals surface area contributed by atoms with Crippen LogP contribution < -0.4 is 0 Å². The van der Waals surface area contributed by atoms with E-state index in [2.05, 4.69) is 0 Å². The number of nitrogens with zero attached hydrogens (tertiary/aromatic N) is 1. The normalized spacial score (nSPS) is 23.6. The summed E-state index contributed by atoms with van der Waals surface area (Å²) in [4.78, 5) is 0.223. The van der Waals surface area contributed by atoms with Gasteiger partial charge in [-0.15, -0.1) is 0 Å². The first-order valence-corrected chi connectivity index (χ1v) is 8.14. The first-order valence-electron chi connectivity index (χ1n) is 6.70. The Morgan fingerprint density at radius 2 is 1.81 bits per heavy atom. The topological polar surface area (TPSA) is 76.1 Å². The van der Waals surface area contributed by atoms with Gasteiger partial charge < -0.3 is 14.6 Å². The molecular weight excluding hydrogens is 294 g/mol. The number of aliphatic hydroxyl groups excluding tert-OH is 1. The van der Waals surface area contributed by atoms with Crippen LogP contribution in [0.15, 0.2) is 23.1 Å². The Labute approximate surface area is 125 Å². The highest BCUT2D eigenvalue weighted by Crippen LogP contribution is 2.26. The van der Waals surface area contributed by atoms with Crippen molar-refractivity contribution in [2.75, 3.05) is 27.3 Å². The number of methoxy groups -OCH3 is 2. The highest BCUT2D eigenvalue weighted by atomic mass is 32.2. The van der Waals surface area contributed by atoms with Gasteiger partial charge in [0.15, 0.2) is 0 Å². The van der Waals surface area contributed by atoms with Gasteiger partial charge in [0.25, 0.3) is 0 Å². The van der Waals surface area contributed by atoms with Crippen LogP contribution in [0.5, 0.6) is 0 Å². The van der Waals surface area contributed by atoms with Crippen molar-refractivity contribution in [3.05, 3.63) is 29.3 Å². The summed E-state index contributed by atoms with van der Waals surface area (Å²) >= 11 is 0. The summed E-state index contributed by atoms with van der Waals surface area (Å²) in [6.07, 6.45) is -0.544. The van der Waals surface area contributed by atoms with E-state index < -0.39 is 10.0 Å². The molecule has 2 unspecified atom stereocenters. The molecule has 0 saturated carbocycles. The van der Waals surface area contributed by atoms with Crippen molar-refractivity contribution in [1.29, 1.82) is 0 Å². The highest BCUT2D eigenvalue weighted by Gasteiger charge is 2.40. The van der Waals surface area contributed by atoms with Crippen LogP contribution in [-0.2, 0) is 26.1 Å². The summed E-state index contributed by atoms with van der Waals surface area (Å²) in [6, 6.07) is 4.94. The Hall–Kier alpha value is -0.990. The van der Waals surface area contributed by atoms with Crippen LogP contribution in [-0.4, -0.2) is 57.3 Å². The fourth-order valence-electron chi connectivity index (χ4n) is 2.52. The van der Waals surface area contributed by atoms with Crippen LogP contribution in [0.25, 0.3) is 0 Å². The summed E-state index contributed by atoms with van der Waals surface area (Å²) < 4.78 is 37.5. The molecule has 1 aromatic rings. The number of benzene rings is 1. The van der Waals surface area contributed by atoms with Crippen molar-refractivity contribution < 1.29 is 23.0 Å². The average Bonchev–Trinajstić information content (AvgIpc) is 2.91. The van der Waals surface area contributed by atoms with E-state index in [0.29, 0.717) is 11.1 Å². The second kappa shape index (κ2) is 6.41. The van der Waals surface area contributed by atoms with Gasteiger partial charge in [0.1, 0.15) is 0 Å². The molecule has 2 atom stereocenters. The van der Waals surface area contributed by atoms with Crippen molar-refractivity contribution >= 4 is 10.0 Å². The molecule has 0 spiro atoms. The Morgan fingerprint density at radius 1 is 1.24 bits per heavy atom. The first kappa shape index (κ1) is 16.4. The van der Waals surface area contributed by atoms with E-state index in [1.165, 1.54) is 10.4 Å². The maximum absolute atomic E-state index is 12.8. The number of hydrogen-bond donors (Lipinski definition) is 1. The first-order chi connectivity index (χ1) is 9.93. The number of rotatable bonds is 5. The zero-order valence-electron chi connectivity index (χ0n) is 12.4. The molecule has 1 N–H and O–H groups in total. The van der Waals surface area contributed by atoms with Gasteiger partial charge in [-0.1, -0.05) is 12.1 Å². The van der Waals surface area contributed by atoms with Crippen molar-refractivity contribution in [3.63, 3.8) is 0 Å². The molecule has 7 heteroatoms. The minimum Gasteiger partial charge on any atom is -0.392 e. The lowest BCUT2D eigenvalue weighted by atomic mass is 10.2. The van der Waals surface area contributed by atoms with Crippen molar-refractivity contribution in [2.45, 2.75) is 30.6 Å². The van der Waals surface area contributed by atoms with Gasteiger partial charge in [-0.25, -0.2) is 8.42 Å². The van der Waals surface area contributed by atoms with Crippen LogP contribution in [0.4, 0.5) is 0 Å². The molecule has 1 aliphatic rings. The Morgan fingerprint density at radius 3 is 2.29 bits per heavy atom. The molecule has 0 bridgehead atoms. The summed E-state index contributed by atoms with van der Waals surface area (Å²) in [7, 11) is -0.534. The molecule has 0 aliphatic carbocycles. The molecule has 2 rings (SSSR count). The van der Waals surface area contributed by atoms with Crippen molar-refractivity contribution in [3.8, 4) is 0 Å². The van der Waals surface area contributed by atoms with Crippen LogP contribution in [0.1, 0.15) is 11.1 Å². The molecule has 21 heavy (non-hydrogen) atoms. The molecule has 1 heterocycles. The molecule has 1 aromatic carbocycles. The van der Waals surface area contributed by atoms with Crippen molar-refractivity contribution in [2.24, 2.45) is 0 Å². The molecule has 0 radical (unpaired) electrons. The number of aliphatic hydroxyl groups is 1. The second-order valence-corrected chi connectivity index (χ2v) is 7.03. The molecule has 0 amide bonds. The minimum atomic E-state index is -3.63. The third kappa shape index (κ3) is 3.12. The monoisotopic (exact) mass is 315 g/mol. The van der Waals surface area contributed by atoms with Crippen molar-refractivity contribution in [1.82, 2.24) is 4.31 Å². The molecular formula is C14H21NO5S. The molecule has 6 nitrogen and oxygen atoms in total. The van der Waals surface area contributed by atoms with Gasteiger partial charge in [0.2, 0.25) is 10.0 Å². The van der Waals surface area contributed by atoms with E-state index in [4.69, 9.17) is 9.47 Å². The largest absolute Gasteiger partial charge is 0.392 e. The molecule has 1 aliphatic heterocycles. The molecule has 118 valence electrons. The Balaban J connectivity index is 2.35. The maximum Gasteiger partial charge on any atom is 0.243 e. The average molecular weight is 315 g/mol. The predicted octanol–water partition coefficient (Wildman–Crippen LogP) is 0.522. The lowest BCUT2D eigenvalue weighted by molar-refractivity contribution is -0.00461. The molecule has 1 fully saturated rings. The predicted molar refractivity (Wildman–Crippen MR) is 77.5 cm³/mol. The fraction of sp³-hybridized carbons (Fsp3) is 0.571. The zero-order valence-corrected chi connectivity index (χ0v) is 13.3. The lowest BCUT2D eigenvalue weighted by Crippen LogP contribution is -2.30. The van der Waals surface area contributed by atoms with Gasteiger partial charge in [-0.2, -0.15) is 4.31 Å². The van der Waals surface area contributed by atoms with Crippen LogP contribution >= 0.6 is 0 Å².